The summed E-state index contributed by atoms with van der Waals surface area (Å²) in [5, 5.41) is 0. The van der Waals surface area contributed by atoms with Gasteiger partial charge in [0.05, 0.1) is 0 Å². The van der Waals surface area contributed by atoms with E-state index in [9.17, 15) is 0 Å². The van der Waals surface area contributed by atoms with Crippen molar-refractivity contribution in [2.24, 2.45) is 11.7 Å². The van der Waals surface area contributed by atoms with Gasteiger partial charge in [0.1, 0.15) is 12.1 Å². The molecule has 0 spiro atoms. The topological polar surface area (TPSA) is 55.0 Å². The predicted octanol–water partition coefficient (Wildman–Crippen LogP) is 1.14. The van der Waals surface area contributed by atoms with E-state index in [2.05, 4.69) is 21.8 Å². The van der Waals surface area contributed by atoms with Crippen LogP contribution in [-0.4, -0.2) is 29.1 Å². The number of fused-ring (bicyclic) bond motifs is 1. The molecule has 0 bridgehead atoms. The van der Waals surface area contributed by atoms with Gasteiger partial charge in [0.2, 0.25) is 0 Å². The predicted molar refractivity (Wildman–Crippen MR) is 68.0 cm³/mol. The van der Waals surface area contributed by atoms with Gasteiger partial charge in [0.15, 0.2) is 0 Å². The summed E-state index contributed by atoms with van der Waals surface area (Å²) < 4.78 is 0. The first-order chi connectivity index (χ1) is 8.25. The Kier molecular flexibility index (Phi) is 2.74. The Morgan fingerprint density at radius 1 is 1.35 bits per heavy atom. The van der Waals surface area contributed by atoms with Gasteiger partial charge in [-0.2, -0.15) is 0 Å². The number of anilines is 1. The second kappa shape index (κ2) is 4.26. The minimum Gasteiger partial charge on any atom is -0.355 e. The molecule has 92 valence electrons. The summed E-state index contributed by atoms with van der Waals surface area (Å²) in [6.07, 6.45) is 6.34. The van der Waals surface area contributed by atoms with Crippen LogP contribution in [0.2, 0.25) is 0 Å². The first-order valence-electron chi connectivity index (χ1n) is 6.59. The molecule has 1 fully saturated rings. The molecule has 0 amide bonds. The van der Waals surface area contributed by atoms with Crippen LogP contribution in [0.4, 0.5) is 5.82 Å². The molecule has 1 aromatic heterocycles. The van der Waals surface area contributed by atoms with Crippen LogP contribution in [0.15, 0.2) is 6.33 Å². The van der Waals surface area contributed by atoms with E-state index in [1.807, 2.05) is 0 Å². The van der Waals surface area contributed by atoms with Gasteiger partial charge in [-0.25, -0.2) is 9.97 Å². The van der Waals surface area contributed by atoms with Gasteiger partial charge < -0.3 is 10.6 Å². The average molecular weight is 232 g/mol. The second-order valence-corrected chi connectivity index (χ2v) is 5.35. The molecule has 1 aliphatic carbocycles. The van der Waals surface area contributed by atoms with Gasteiger partial charge in [-0.05, 0) is 31.6 Å². The summed E-state index contributed by atoms with van der Waals surface area (Å²) in [5.74, 6) is 1.77. The number of rotatable bonds is 1. The highest BCUT2D eigenvalue weighted by atomic mass is 15.2. The number of hydrogen-bond acceptors (Lipinski definition) is 4. The van der Waals surface area contributed by atoms with Crippen LogP contribution in [0.5, 0.6) is 0 Å². The molecular formula is C13H20N4. The van der Waals surface area contributed by atoms with Crippen molar-refractivity contribution in [2.45, 2.75) is 38.6 Å². The van der Waals surface area contributed by atoms with E-state index in [1.54, 1.807) is 6.33 Å². The number of hydrogen-bond donors (Lipinski definition) is 1. The standard InChI is InChI=1S/C13H20N4/c1-9-5-6-17(7-11(9)14)13-10-3-2-4-12(10)15-8-16-13/h8-9,11H,2-7,14H2,1H3. The summed E-state index contributed by atoms with van der Waals surface area (Å²) >= 11 is 0. The molecule has 2 heterocycles. The van der Waals surface area contributed by atoms with Crippen LogP contribution in [0.25, 0.3) is 0 Å². The minimum atomic E-state index is 0.274. The Hall–Kier alpha value is -1.16. The van der Waals surface area contributed by atoms with E-state index in [4.69, 9.17) is 5.73 Å². The first kappa shape index (κ1) is 11.0. The zero-order chi connectivity index (χ0) is 11.8. The van der Waals surface area contributed by atoms with Crippen molar-refractivity contribution in [1.29, 1.82) is 0 Å². The van der Waals surface area contributed by atoms with Gasteiger partial charge in [0, 0.05) is 30.4 Å². The van der Waals surface area contributed by atoms with Crippen LogP contribution in [0.1, 0.15) is 31.0 Å². The second-order valence-electron chi connectivity index (χ2n) is 5.35. The van der Waals surface area contributed by atoms with Crippen molar-refractivity contribution in [3.05, 3.63) is 17.6 Å². The van der Waals surface area contributed by atoms with E-state index >= 15 is 0 Å². The molecule has 0 saturated carbocycles. The van der Waals surface area contributed by atoms with Crippen LogP contribution in [-0.2, 0) is 12.8 Å². The van der Waals surface area contributed by atoms with E-state index in [1.165, 1.54) is 24.1 Å². The van der Waals surface area contributed by atoms with Crippen molar-refractivity contribution in [1.82, 2.24) is 9.97 Å². The fourth-order valence-electron chi connectivity index (χ4n) is 2.91. The number of piperidine rings is 1. The lowest BCUT2D eigenvalue weighted by Gasteiger charge is -2.36. The zero-order valence-corrected chi connectivity index (χ0v) is 10.4. The molecule has 0 aromatic carbocycles. The fourth-order valence-corrected chi connectivity index (χ4v) is 2.91. The molecule has 4 heteroatoms. The van der Waals surface area contributed by atoms with Gasteiger partial charge in [-0.3, -0.25) is 0 Å². The van der Waals surface area contributed by atoms with Crippen molar-refractivity contribution < 1.29 is 0 Å². The molecule has 17 heavy (non-hydrogen) atoms. The Bertz CT molecular complexity index is 418. The van der Waals surface area contributed by atoms with Gasteiger partial charge >= 0.3 is 0 Å². The number of nitrogens with zero attached hydrogens (tertiary/aromatic N) is 3. The van der Waals surface area contributed by atoms with Crippen molar-refractivity contribution >= 4 is 5.82 Å². The molecule has 1 aromatic rings. The summed E-state index contributed by atoms with van der Waals surface area (Å²) in [6.45, 7) is 4.26. The Labute approximate surface area is 102 Å². The number of aryl methyl sites for hydroxylation is 1. The number of aromatic nitrogens is 2. The highest BCUT2D eigenvalue weighted by Gasteiger charge is 2.27. The lowest BCUT2D eigenvalue weighted by molar-refractivity contribution is 0.377. The monoisotopic (exact) mass is 232 g/mol. The van der Waals surface area contributed by atoms with Crippen LogP contribution in [0, 0.1) is 5.92 Å². The van der Waals surface area contributed by atoms with E-state index in [0.29, 0.717) is 5.92 Å². The van der Waals surface area contributed by atoms with Crippen molar-refractivity contribution in [3.63, 3.8) is 0 Å². The van der Waals surface area contributed by atoms with Crippen LogP contribution < -0.4 is 10.6 Å². The quantitative estimate of drug-likeness (QED) is 0.789. The van der Waals surface area contributed by atoms with Crippen molar-refractivity contribution in [3.8, 4) is 0 Å². The molecule has 4 nitrogen and oxygen atoms in total. The lowest BCUT2D eigenvalue weighted by Crippen LogP contribution is -2.48. The third-order valence-corrected chi connectivity index (χ3v) is 4.17. The van der Waals surface area contributed by atoms with Crippen molar-refractivity contribution in [2.75, 3.05) is 18.0 Å². The maximum atomic E-state index is 6.17. The molecule has 2 N–H and O–H groups in total. The van der Waals surface area contributed by atoms with E-state index in [-0.39, 0.29) is 6.04 Å². The minimum absolute atomic E-state index is 0.274. The molecule has 0 radical (unpaired) electrons. The first-order valence-corrected chi connectivity index (χ1v) is 6.59. The lowest BCUT2D eigenvalue weighted by atomic mass is 9.94. The third-order valence-electron chi connectivity index (χ3n) is 4.17. The Morgan fingerprint density at radius 2 is 2.24 bits per heavy atom. The highest BCUT2D eigenvalue weighted by molar-refractivity contribution is 5.51. The van der Waals surface area contributed by atoms with Gasteiger partial charge in [-0.15, -0.1) is 0 Å². The summed E-state index contributed by atoms with van der Waals surface area (Å²) in [5.41, 5.74) is 8.79. The van der Waals surface area contributed by atoms with Crippen LogP contribution in [0.3, 0.4) is 0 Å². The Morgan fingerprint density at radius 3 is 3.06 bits per heavy atom. The molecular weight excluding hydrogens is 212 g/mol. The molecule has 3 rings (SSSR count). The van der Waals surface area contributed by atoms with Gasteiger partial charge in [0.25, 0.3) is 0 Å². The smallest absolute Gasteiger partial charge is 0.135 e. The zero-order valence-electron chi connectivity index (χ0n) is 10.4. The molecule has 2 aliphatic rings. The van der Waals surface area contributed by atoms with E-state index < -0.39 is 0 Å². The SMILES string of the molecule is CC1CCN(c2ncnc3c2CCC3)CC1N. The Balaban J connectivity index is 1.87. The van der Waals surface area contributed by atoms with Gasteiger partial charge in [-0.1, -0.05) is 6.92 Å². The van der Waals surface area contributed by atoms with E-state index in [0.717, 1.165) is 31.7 Å². The summed E-state index contributed by atoms with van der Waals surface area (Å²) in [6, 6.07) is 0.274. The molecule has 1 saturated heterocycles. The molecule has 1 aliphatic heterocycles. The normalized spacial score (nSPS) is 28.2. The number of nitrogens with two attached hydrogens (primary N) is 1. The molecule has 2 atom stereocenters. The fraction of sp³-hybridized carbons (Fsp3) is 0.692. The maximum absolute atomic E-state index is 6.17. The average Bonchev–Trinajstić information content (AvgIpc) is 2.80. The summed E-state index contributed by atoms with van der Waals surface area (Å²) in [4.78, 5) is 11.2. The highest BCUT2D eigenvalue weighted by Crippen LogP contribution is 2.30. The third kappa shape index (κ3) is 1.90. The molecule has 2 unspecified atom stereocenters. The largest absolute Gasteiger partial charge is 0.355 e. The van der Waals surface area contributed by atoms with Crippen LogP contribution >= 0.6 is 0 Å². The maximum Gasteiger partial charge on any atom is 0.135 e. The summed E-state index contributed by atoms with van der Waals surface area (Å²) in [7, 11) is 0.